The first-order valence-corrected chi connectivity index (χ1v) is 8.52. The van der Waals surface area contributed by atoms with Gasteiger partial charge < -0.3 is 10.6 Å². The Kier molecular flexibility index (Phi) is 5.60. The Morgan fingerprint density at radius 2 is 1.36 bits per heavy atom. The number of quaternary nitrogens is 1. The molecule has 0 radical (unpaired) electrons. The summed E-state index contributed by atoms with van der Waals surface area (Å²) in [6.07, 6.45) is 0. The monoisotopic (exact) mass is 331 g/mol. The summed E-state index contributed by atoms with van der Waals surface area (Å²) in [5, 5.41) is 5.03. The van der Waals surface area contributed by atoms with Gasteiger partial charge in [-0.3, -0.25) is 4.79 Å². The lowest BCUT2D eigenvalue weighted by atomic mass is 9.99. The SMILES string of the molecule is Cc1ccc(NC(=O)C[NH2+]C(c2ccccc2)c2ccccc2)cc1. The van der Waals surface area contributed by atoms with Gasteiger partial charge in [0.15, 0.2) is 6.54 Å². The highest BCUT2D eigenvalue weighted by Crippen LogP contribution is 2.17. The van der Waals surface area contributed by atoms with Gasteiger partial charge in [0.1, 0.15) is 6.04 Å². The van der Waals surface area contributed by atoms with E-state index in [1.165, 1.54) is 16.7 Å². The zero-order chi connectivity index (χ0) is 17.5. The third kappa shape index (κ3) is 4.78. The lowest BCUT2D eigenvalue weighted by Gasteiger charge is -2.16. The fourth-order valence-corrected chi connectivity index (χ4v) is 2.86. The molecule has 0 spiro atoms. The Hall–Kier alpha value is -2.91. The van der Waals surface area contributed by atoms with Crippen LogP contribution in [0.3, 0.4) is 0 Å². The smallest absolute Gasteiger partial charge is 0.279 e. The summed E-state index contributed by atoms with van der Waals surface area (Å²) in [5.41, 5.74) is 4.39. The number of anilines is 1. The second kappa shape index (κ2) is 8.27. The Balaban J connectivity index is 1.68. The van der Waals surface area contributed by atoms with Gasteiger partial charge in [0.05, 0.1) is 0 Å². The predicted octanol–water partition coefficient (Wildman–Crippen LogP) is 3.29. The van der Waals surface area contributed by atoms with E-state index in [1.807, 2.05) is 67.6 Å². The molecule has 1 amide bonds. The molecule has 0 bridgehead atoms. The molecule has 3 N–H and O–H groups in total. The van der Waals surface area contributed by atoms with Gasteiger partial charge in [0, 0.05) is 16.8 Å². The molecule has 0 saturated carbocycles. The van der Waals surface area contributed by atoms with Crippen LogP contribution < -0.4 is 10.6 Å². The lowest BCUT2D eigenvalue weighted by Crippen LogP contribution is -2.87. The molecule has 0 aliphatic carbocycles. The molecular formula is C22H23N2O+. The van der Waals surface area contributed by atoms with E-state index < -0.39 is 0 Å². The first-order valence-electron chi connectivity index (χ1n) is 8.52. The number of nitrogens with one attached hydrogen (secondary N) is 1. The second-order valence-corrected chi connectivity index (χ2v) is 6.15. The van der Waals surface area contributed by atoms with Crippen LogP contribution in [0.25, 0.3) is 0 Å². The number of carbonyl (C=O) groups excluding carboxylic acids is 1. The van der Waals surface area contributed by atoms with Gasteiger partial charge in [-0.2, -0.15) is 0 Å². The molecule has 0 fully saturated rings. The van der Waals surface area contributed by atoms with Crippen LogP contribution in [0.4, 0.5) is 5.69 Å². The molecule has 3 aromatic carbocycles. The lowest BCUT2D eigenvalue weighted by molar-refractivity contribution is -0.676. The van der Waals surface area contributed by atoms with Crippen molar-refractivity contribution >= 4 is 11.6 Å². The summed E-state index contributed by atoms with van der Waals surface area (Å²) >= 11 is 0. The van der Waals surface area contributed by atoms with Gasteiger partial charge in [-0.05, 0) is 19.1 Å². The van der Waals surface area contributed by atoms with E-state index in [0.717, 1.165) is 5.69 Å². The minimum Gasteiger partial charge on any atom is -0.328 e. The van der Waals surface area contributed by atoms with Crippen molar-refractivity contribution in [1.82, 2.24) is 0 Å². The molecular weight excluding hydrogens is 308 g/mol. The molecule has 0 unspecified atom stereocenters. The van der Waals surface area contributed by atoms with Crippen LogP contribution >= 0.6 is 0 Å². The highest BCUT2D eigenvalue weighted by atomic mass is 16.1. The van der Waals surface area contributed by atoms with Crippen LogP contribution in [0.15, 0.2) is 84.9 Å². The van der Waals surface area contributed by atoms with Gasteiger partial charge in [0.2, 0.25) is 0 Å². The molecule has 0 heterocycles. The number of carbonyl (C=O) groups is 1. The quantitative estimate of drug-likeness (QED) is 0.715. The third-order valence-corrected chi connectivity index (χ3v) is 4.19. The Morgan fingerprint density at radius 1 is 0.840 bits per heavy atom. The molecule has 0 aromatic heterocycles. The molecule has 3 rings (SSSR count). The van der Waals surface area contributed by atoms with Crippen molar-refractivity contribution in [3.63, 3.8) is 0 Å². The van der Waals surface area contributed by atoms with E-state index in [2.05, 4.69) is 34.9 Å². The van der Waals surface area contributed by atoms with Crippen LogP contribution in [0.1, 0.15) is 22.7 Å². The zero-order valence-electron chi connectivity index (χ0n) is 14.4. The highest BCUT2D eigenvalue weighted by Gasteiger charge is 2.18. The Bertz CT molecular complexity index is 759. The maximum Gasteiger partial charge on any atom is 0.279 e. The van der Waals surface area contributed by atoms with Crippen molar-refractivity contribution in [1.29, 1.82) is 0 Å². The number of rotatable bonds is 6. The normalized spacial score (nSPS) is 10.6. The molecule has 0 aliphatic rings. The summed E-state index contributed by atoms with van der Waals surface area (Å²) in [4.78, 5) is 12.3. The minimum absolute atomic E-state index is 0.000662. The molecule has 25 heavy (non-hydrogen) atoms. The van der Waals surface area contributed by atoms with E-state index in [4.69, 9.17) is 0 Å². The summed E-state index contributed by atoms with van der Waals surface area (Å²) in [7, 11) is 0. The molecule has 3 nitrogen and oxygen atoms in total. The van der Waals surface area contributed by atoms with Gasteiger partial charge in [-0.15, -0.1) is 0 Å². The van der Waals surface area contributed by atoms with Crippen LogP contribution in [-0.2, 0) is 4.79 Å². The van der Waals surface area contributed by atoms with Gasteiger partial charge in [-0.25, -0.2) is 0 Å². The molecule has 0 atom stereocenters. The van der Waals surface area contributed by atoms with Crippen molar-refractivity contribution in [2.45, 2.75) is 13.0 Å². The van der Waals surface area contributed by atoms with Gasteiger partial charge in [-0.1, -0.05) is 78.4 Å². The largest absolute Gasteiger partial charge is 0.328 e. The fourth-order valence-electron chi connectivity index (χ4n) is 2.86. The van der Waals surface area contributed by atoms with Crippen LogP contribution in [0.5, 0.6) is 0 Å². The molecule has 3 heteroatoms. The fraction of sp³-hybridized carbons (Fsp3) is 0.136. The van der Waals surface area contributed by atoms with Crippen LogP contribution in [0, 0.1) is 6.92 Å². The second-order valence-electron chi connectivity index (χ2n) is 6.15. The molecule has 126 valence electrons. The average Bonchev–Trinajstić information content (AvgIpc) is 2.66. The number of aryl methyl sites for hydroxylation is 1. The van der Waals surface area contributed by atoms with Crippen LogP contribution in [0.2, 0.25) is 0 Å². The van der Waals surface area contributed by atoms with Crippen molar-refractivity contribution in [2.75, 3.05) is 11.9 Å². The number of benzene rings is 3. The van der Waals surface area contributed by atoms with Crippen molar-refractivity contribution < 1.29 is 10.1 Å². The van der Waals surface area contributed by atoms with E-state index >= 15 is 0 Å². The van der Waals surface area contributed by atoms with Gasteiger partial charge >= 0.3 is 0 Å². The predicted molar refractivity (Wildman–Crippen MR) is 101 cm³/mol. The zero-order valence-corrected chi connectivity index (χ0v) is 14.4. The summed E-state index contributed by atoms with van der Waals surface area (Å²) in [6, 6.07) is 28.5. The van der Waals surface area contributed by atoms with E-state index in [0.29, 0.717) is 6.54 Å². The maximum atomic E-state index is 12.3. The number of nitrogens with two attached hydrogens (primary N) is 1. The third-order valence-electron chi connectivity index (χ3n) is 4.19. The summed E-state index contributed by atoms with van der Waals surface area (Å²) in [6.45, 7) is 2.39. The molecule has 0 aliphatic heterocycles. The number of amides is 1. The van der Waals surface area contributed by atoms with Crippen molar-refractivity contribution in [2.24, 2.45) is 0 Å². The summed E-state index contributed by atoms with van der Waals surface area (Å²) in [5.74, 6) is 0.000662. The van der Waals surface area contributed by atoms with Gasteiger partial charge in [0.25, 0.3) is 5.91 Å². The van der Waals surface area contributed by atoms with Crippen molar-refractivity contribution in [3.8, 4) is 0 Å². The number of hydrogen-bond donors (Lipinski definition) is 2. The van der Waals surface area contributed by atoms with Crippen molar-refractivity contribution in [3.05, 3.63) is 102 Å². The topological polar surface area (TPSA) is 45.7 Å². The number of hydrogen-bond acceptors (Lipinski definition) is 1. The summed E-state index contributed by atoms with van der Waals surface area (Å²) < 4.78 is 0. The standard InChI is InChI=1S/C22H22N2O/c1-17-12-14-20(15-13-17)24-21(25)16-23-22(18-8-4-2-5-9-18)19-10-6-3-7-11-19/h2-15,22-23H,16H2,1H3,(H,24,25)/p+1. The van der Waals surface area contributed by atoms with Crippen LogP contribution in [-0.4, -0.2) is 12.5 Å². The van der Waals surface area contributed by atoms with E-state index in [-0.39, 0.29) is 11.9 Å². The molecule has 0 saturated heterocycles. The first kappa shape index (κ1) is 16.9. The Labute approximate surface area is 148 Å². The first-order chi connectivity index (χ1) is 12.2. The van der Waals surface area contributed by atoms with E-state index in [9.17, 15) is 4.79 Å². The highest BCUT2D eigenvalue weighted by molar-refractivity contribution is 5.91. The van der Waals surface area contributed by atoms with E-state index in [1.54, 1.807) is 0 Å². The molecule has 3 aromatic rings. The maximum absolute atomic E-state index is 12.3. The Morgan fingerprint density at radius 3 is 1.88 bits per heavy atom. The minimum atomic E-state index is 0.000662. The average molecular weight is 331 g/mol.